The molecule has 1 unspecified atom stereocenters. The van der Waals surface area contributed by atoms with Crippen molar-refractivity contribution in [3.05, 3.63) is 29.3 Å². The van der Waals surface area contributed by atoms with Crippen molar-refractivity contribution in [1.82, 2.24) is 0 Å². The number of anilines is 1. The third-order valence-corrected chi connectivity index (χ3v) is 1.91. The van der Waals surface area contributed by atoms with Gasteiger partial charge in [-0.15, -0.1) is 0 Å². The Morgan fingerprint density at radius 1 is 1.46 bits per heavy atom. The van der Waals surface area contributed by atoms with Gasteiger partial charge in [0.1, 0.15) is 0 Å². The summed E-state index contributed by atoms with van der Waals surface area (Å²) in [6.07, 6.45) is 0.503. The maximum absolute atomic E-state index is 8.45. The highest BCUT2D eigenvalue weighted by molar-refractivity contribution is 6.30. The van der Waals surface area contributed by atoms with E-state index < -0.39 is 0 Å². The minimum atomic E-state index is 0.172. The Kier molecular flexibility index (Phi) is 3.60. The average Bonchev–Trinajstić information content (AvgIpc) is 2.09. The number of nitriles is 1. The second kappa shape index (κ2) is 4.74. The zero-order chi connectivity index (χ0) is 9.68. The Labute approximate surface area is 83.1 Å². The van der Waals surface area contributed by atoms with Crippen LogP contribution in [0.4, 0.5) is 5.69 Å². The van der Waals surface area contributed by atoms with Gasteiger partial charge in [-0.1, -0.05) is 11.6 Å². The molecule has 0 spiro atoms. The summed E-state index contributed by atoms with van der Waals surface area (Å²) >= 11 is 5.73. The zero-order valence-corrected chi connectivity index (χ0v) is 8.17. The lowest BCUT2D eigenvalue weighted by Gasteiger charge is -2.11. The molecule has 1 rings (SSSR count). The Bertz CT molecular complexity index is 300. The first-order valence-electron chi connectivity index (χ1n) is 4.11. The Morgan fingerprint density at radius 2 is 2.08 bits per heavy atom. The molecule has 0 radical (unpaired) electrons. The van der Waals surface area contributed by atoms with Gasteiger partial charge in [-0.05, 0) is 31.2 Å². The Hall–Kier alpha value is -1.20. The maximum atomic E-state index is 8.45. The molecule has 0 amide bonds. The maximum Gasteiger partial charge on any atom is 0.0643 e. The van der Waals surface area contributed by atoms with Crippen LogP contribution in [0, 0.1) is 11.3 Å². The lowest BCUT2D eigenvalue weighted by molar-refractivity contribution is 0.821. The predicted octanol–water partition coefficient (Wildman–Crippen LogP) is 3.05. The molecule has 0 saturated heterocycles. The Balaban J connectivity index is 2.55. The fourth-order valence-electron chi connectivity index (χ4n) is 1.02. The van der Waals surface area contributed by atoms with Gasteiger partial charge in [0.2, 0.25) is 0 Å². The van der Waals surface area contributed by atoms with Crippen molar-refractivity contribution in [1.29, 1.82) is 5.26 Å². The van der Waals surface area contributed by atoms with Gasteiger partial charge in [0.15, 0.2) is 0 Å². The normalized spacial score (nSPS) is 11.8. The zero-order valence-electron chi connectivity index (χ0n) is 7.42. The van der Waals surface area contributed by atoms with E-state index >= 15 is 0 Å². The molecule has 0 aliphatic heterocycles. The second-order valence-corrected chi connectivity index (χ2v) is 3.35. The van der Waals surface area contributed by atoms with Crippen LogP contribution in [0.25, 0.3) is 0 Å². The van der Waals surface area contributed by atoms with Crippen LogP contribution < -0.4 is 5.32 Å². The van der Waals surface area contributed by atoms with Crippen molar-refractivity contribution in [3.63, 3.8) is 0 Å². The average molecular weight is 195 g/mol. The third-order valence-electron chi connectivity index (χ3n) is 1.65. The van der Waals surface area contributed by atoms with Crippen LogP contribution in [0.5, 0.6) is 0 Å². The molecule has 0 heterocycles. The first-order chi connectivity index (χ1) is 6.22. The SMILES string of the molecule is CC(CC#N)Nc1ccc(Cl)cc1. The summed E-state index contributed by atoms with van der Waals surface area (Å²) in [5.41, 5.74) is 0.993. The van der Waals surface area contributed by atoms with Gasteiger partial charge in [0.25, 0.3) is 0 Å². The van der Waals surface area contributed by atoms with Crippen LogP contribution in [0.2, 0.25) is 5.02 Å². The standard InChI is InChI=1S/C10H11ClN2/c1-8(6-7-12)13-10-4-2-9(11)3-5-10/h2-5,8,13H,6H2,1H3. The summed E-state index contributed by atoms with van der Waals surface area (Å²) in [5, 5.41) is 12.4. The smallest absolute Gasteiger partial charge is 0.0643 e. The molecule has 1 N–H and O–H groups in total. The van der Waals surface area contributed by atoms with E-state index in [0.29, 0.717) is 6.42 Å². The lowest BCUT2D eigenvalue weighted by Crippen LogP contribution is -2.13. The lowest BCUT2D eigenvalue weighted by atomic mass is 10.2. The van der Waals surface area contributed by atoms with Crippen molar-refractivity contribution in [2.45, 2.75) is 19.4 Å². The van der Waals surface area contributed by atoms with E-state index in [9.17, 15) is 0 Å². The van der Waals surface area contributed by atoms with E-state index in [-0.39, 0.29) is 6.04 Å². The van der Waals surface area contributed by atoms with Gasteiger partial charge in [0, 0.05) is 16.8 Å². The first-order valence-corrected chi connectivity index (χ1v) is 4.49. The molecular formula is C10H11ClN2. The van der Waals surface area contributed by atoms with E-state index in [2.05, 4.69) is 11.4 Å². The first kappa shape index (κ1) is 9.88. The summed E-state index contributed by atoms with van der Waals surface area (Å²) in [5.74, 6) is 0. The summed E-state index contributed by atoms with van der Waals surface area (Å²) < 4.78 is 0. The summed E-state index contributed by atoms with van der Waals surface area (Å²) in [6.45, 7) is 1.97. The molecule has 0 aliphatic carbocycles. The van der Waals surface area contributed by atoms with Gasteiger partial charge in [-0.2, -0.15) is 5.26 Å². The number of hydrogen-bond acceptors (Lipinski definition) is 2. The monoisotopic (exact) mass is 194 g/mol. The number of halogens is 1. The highest BCUT2D eigenvalue weighted by atomic mass is 35.5. The van der Waals surface area contributed by atoms with Crippen molar-refractivity contribution in [2.75, 3.05) is 5.32 Å². The van der Waals surface area contributed by atoms with Gasteiger partial charge >= 0.3 is 0 Å². The van der Waals surface area contributed by atoms with Crippen LogP contribution in [0.15, 0.2) is 24.3 Å². The van der Waals surface area contributed by atoms with Gasteiger partial charge < -0.3 is 5.32 Å². The number of nitrogens with zero attached hydrogens (tertiary/aromatic N) is 1. The molecule has 3 heteroatoms. The van der Waals surface area contributed by atoms with E-state index in [1.165, 1.54) is 0 Å². The molecule has 0 aromatic heterocycles. The summed E-state index contributed by atoms with van der Waals surface area (Å²) in [7, 11) is 0. The summed E-state index contributed by atoms with van der Waals surface area (Å²) in [6, 6.07) is 9.73. The molecule has 0 fully saturated rings. The van der Waals surface area contributed by atoms with Crippen LogP contribution in [0.1, 0.15) is 13.3 Å². The fraction of sp³-hybridized carbons (Fsp3) is 0.300. The molecule has 0 bridgehead atoms. The van der Waals surface area contributed by atoms with Crippen LogP contribution >= 0.6 is 11.6 Å². The highest BCUT2D eigenvalue weighted by Crippen LogP contribution is 2.14. The van der Waals surface area contributed by atoms with Crippen LogP contribution in [-0.2, 0) is 0 Å². The van der Waals surface area contributed by atoms with E-state index in [1.807, 2.05) is 31.2 Å². The number of benzene rings is 1. The third kappa shape index (κ3) is 3.35. The van der Waals surface area contributed by atoms with Crippen LogP contribution in [-0.4, -0.2) is 6.04 Å². The second-order valence-electron chi connectivity index (χ2n) is 2.91. The molecular weight excluding hydrogens is 184 g/mol. The summed E-state index contributed by atoms with van der Waals surface area (Å²) in [4.78, 5) is 0. The molecule has 13 heavy (non-hydrogen) atoms. The van der Waals surface area contributed by atoms with Crippen molar-refractivity contribution in [3.8, 4) is 6.07 Å². The van der Waals surface area contributed by atoms with Crippen molar-refractivity contribution >= 4 is 17.3 Å². The predicted molar refractivity (Wildman–Crippen MR) is 54.8 cm³/mol. The minimum Gasteiger partial charge on any atom is -0.382 e. The molecule has 1 atom stereocenters. The topological polar surface area (TPSA) is 35.8 Å². The Morgan fingerprint density at radius 3 is 2.62 bits per heavy atom. The van der Waals surface area contributed by atoms with Gasteiger partial charge in [-0.3, -0.25) is 0 Å². The molecule has 68 valence electrons. The largest absolute Gasteiger partial charge is 0.382 e. The van der Waals surface area contributed by atoms with Gasteiger partial charge in [0.05, 0.1) is 12.5 Å². The highest BCUT2D eigenvalue weighted by Gasteiger charge is 1.99. The fourth-order valence-corrected chi connectivity index (χ4v) is 1.14. The van der Waals surface area contributed by atoms with Gasteiger partial charge in [-0.25, -0.2) is 0 Å². The molecule has 0 saturated carbocycles. The van der Waals surface area contributed by atoms with E-state index in [4.69, 9.17) is 16.9 Å². The van der Waals surface area contributed by atoms with E-state index in [0.717, 1.165) is 10.7 Å². The quantitative estimate of drug-likeness (QED) is 0.803. The molecule has 1 aromatic rings. The van der Waals surface area contributed by atoms with E-state index in [1.54, 1.807) is 0 Å². The van der Waals surface area contributed by atoms with Crippen molar-refractivity contribution in [2.24, 2.45) is 0 Å². The molecule has 0 aliphatic rings. The van der Waals surface area contributed by atoms with Crippen LogP contribution in [0.3, 0.4) is 0 Å². The van der Waals surface area contributed by atoms with Crippen molar-refractivity contribution < 1.29 is 0 Å². The number of rotatable bonds is 3. The number of nitrogens with one attached hydrogen (secondary N) is 1. The molecule has 2 nitrogen and oxygen atoms in total. The molecule has 1 aromatic carbocycles. The minimum absolute atomic E-state index is 0.172. The number of hydrogen-bond donors (Lipinski definition) is 1.